The van der Waals surface area contributed by atoms with Crippen molar-refractivity contribution in [2.24, 2.45) is 0 Å². The molecule has 4 N–H and O–H groups in total. The lowest BCUT2D eigenvalue weighted by Gasteiger charge is -2.29. The zero-order chi connectivity index (χ0) is 29.8. The van der Waals surface area contributed by atoms with Gasteiger partial charge in [0, 0.05) is 42.0 Å². The van der Waals surface area contributed by atoms with Gasteiger partial charge < -0.3 is 25.0 Å². The van der Waals surface area contributed by atoms with Crippen molar-refractivity contribution in [2.45, 2.75) is 38.8 Å². The van der Waals surface area contributed by atoms with Crippen LogP contribution in [-0.4, -0.2) is 46.1 Å². The number of amides is 2. The van der Waals surface area contributed by atoms with Crippen LogP contribution in [0.3, 0.4) is 0 Å². The lowest BCUT2D eigenvalue weighted by atomic mass is 9.92. The fourth-order valence-electron chi connectivity index (χ4n) is 5.25. The van der Waals surface area contributed by atoms with E-state index in [1.54, 1.807) is 42.6 Å². The van der Waals surface area contributed by atoms with Crippen molar-refractivity contribution in [1.82, 2.24) is 9.88 Å². The summed E-state index contributed by atoms with van der Waals surface area (Å²) in [6.45, 7) is 4.14. The molecule has 0 aliphatic carbocycles. The number of rotatable bonds is 5. The molecular formula is C32H32N4O6. The second-order valence-electron chi connectivity index (χ2n) is 10.5. The third-order valence-electron chi connectivity index (χ3n) is 7.41. The van der Waals surface area contributed by atoms with Crippen molar-refractivity contribution in [3.63, 3.8) is 0 Å². The summed E-state index contributed by atoms with van der Waals surface area (Å²) in [4.78, 5) is 55.0. The smallest absolute Gasteiger partial charge is 0.411 e. The fourth-order valence-corrected chi connectivity index (χ4v) is 5.25. The van der Waals surface area contributed by atoms with Gasteiger partial charge in [-0.05, 0) is 64.9 Å². The van der Waals surface area contributed by atoms with E-state index in [0.29, 0.717) is 27.9 Å². The molecule has 4 aromatic rings. The van der Waals surface area contributed by atoms with Crippen molar-refractivity contribution in [3.05, 3.63) is 106 Å². The van der Waals surface area contributed by atoms with Crippen LogP contribution in [0.25, 0.3) is 10.8 Å². The molecule has 0 spiro atoms. The SMILES string of the molecule is Cc1cc2ccc1[C@@H](C)COC(=O)Nc1cccc(c1)CN(CCC(=O)O)C(=O)[C@@H]2Nc1ccc2cc[nH]c(=O)c2c1. The molecule has 0 unspecified atom stereocenters. The number of hydrogen-bond acceptors (Lipinski definition) is 6. The number of carboxylic acid groups (broad SMARTS) is 1. The van der Waals surface area contributed by atoms with Gasteiger partial charge in [0.15, 0.2) is 0 Å². The monoisotopic (exact) mass is 568 g/mol. The lowest BCUT2D eigenvalue weighted by molar-refractivity contribution is -0.139. The molecular weight excluding hydrogens is 536 g/mol. The van der Waals surface area contributed by atoms with E-state index >= 15 is 0 Å². The summed E-state index contributed by atoms with van der Waals surface area (Å²) in [7, 11) is 0. The standard InChI is InChI=1S/C32H32N4O6/c1-19-14-23-7-9-26(19)20(2)18-42-32(41)35-24-5-3-4-21(15-24)17-36(13-11-28(37)38)31(40)29(23)34-25-8-6-22-10-12-33-30(39)27(22)16-25/h3-10,12,14-16,20,29,34H,11,13,17-18H2,1-2H3,(H,33,39)(H,35,41)(H,37,38)/t20-,29+/m0/s1. The highest BCUT2D eigenvalue weighted by Gasteiger charge is 2.28. The van der Waals surface area contributed by atoms with E-state index in [2.05, 4.69) is 15.6 Å². The molecule has 6 rings (SSSR count). The number of ether oxygens (including phenoxy) is 1. The zero-order valence-electron chi connectivity index (χ0n) is 23.3. The molecule has 216 valence electrons. The quantitative estimate of drug-likeness (QED) is 0.261. The molecule has 10 heteroatoms. The number of aromatic amines is 1. The maximum absolute atomic E-state index is 14.3. The van der Waals surface area contributed by atoms with Crippen molar-refractivity contribution in [3.8, 4) is 0 Å². The predicted molar refractivity (Wildman–Crippen MR) is 160 cm³/mol. The number of benzene rings is 3. The first-order valence-corrected chi connectivity index (χ1v) is 13.7. The molecule has 0 fully saturated rings. The third kappa shape index (κ3) is 6.43. The van der Waals surface area contributed by atoms with Crippen molar-refractivity contribution < 1.29 is 24.2 Å². The van der Waals surface area contributed by atoms with Gasteiger partial charge in [0.25, 0.3) is 5.56 Å². The highest BCUT2D eigenvalue weighted by atomic mass is 16.5. The van der Waals surface area contributed by atoms with Crippen LogP contribution in [0.4, 0.5) is 16.2 Å². The average molecular weight is 569 g/mol. The molecule has 4 bridgehead atoms. The predicted octanol–water partition coefficient (Wildman–Crippen LogP) is 5.16. The number of anilines is 2. The highest BCUT2D eigenvalue weighted by molar-refractivity contribution is 5.89. The van der Waals surface area contributed by atoms with Gasteiger partial charge >= 0.3 is 12.1 Å². The van der Waals surface area contributed by atoms with Crippen LogP contribution in [0.15, 0.2) is 77.7 Å². The largest absolute Gasteiger partial charge is 0.481 e. The first-order valence-electron chi connectivity index (χ1n) is 13.7. The zero-order valence-corrected chi connectivity index (χ0v) is 23.3. The maximum atomic E-state index is 14.3. The minimum absolute atomic E-state index is 0.0302. The molecule has 2 atom stereocenters. The normalized spacial score (nSPS) is 17.5. The second kappa shape index (κ2) is 12.2. The summed E-state index contributed by atoms with van der Waals surface area (Å²) in [6, 6.07) is 18.9. The number of aryl methyl sites for hydroxylation is 1. The number of carbonyl (C=O) groups excluding carboxylic acids is 2. The lowest BCUT2D eigenvalue weighted by Crippen LogP contribution is -2.39. The van der Waals surface area contributed by atoms with Gasteiger partial charge in [0.2, 0.25) is 5.91 Å². The number of nitrogens with zero attached hydrogens (tertiary/aromatic N) is 1. The molecule has 10 nitrogen and oxygen atoms in total. The average Bonchev–Trinajstić information content (AvgIpc) is 2.96. The van der Waals surface area contributed by atoms with Crippen molar-refractivity contribution in [1.29, 1.82) is 0 Å². The molecule has 0 radical (unpaired) electrons. The Morgan fingerprint density at radius 1 is 1.07 bits per heavy atom. The number of aromatic nitrogens is 1. The number of carboxylic acids is 1. The fraction of sp³-hybridized carbons (Fsp3) is 0.250. The van der Waals surface area contributed by atoms with Crippen molar-refractivity contribution in [2.75, 3.05) is 23.8 Å². The molecule has 2 amide bonds. The van der Waals surface area contributed by atoms with Gasteiger partial charge in [-0.2, -0.15) is 0 Å². The van der Waals surface area contributed by atoms with E-state index in [4.69, 9.17) is 4.74 Å². The van der Waals surface area contributed by atoms with E-state index < -0.39 is 18.1 Å². The number of carbonyl (C=O) groups is 3. The Balaban J connectivity index is 1.60. The Morgan fingerprint density at radius 3 is 2.69 bits per heavy atom. The Hall–Kier alpha value is -5.12. The molecule has 0 saturated carbocycles. The number of fused-ring (bicyclic) bond motifs is 10. The van der Waals surface area contributed by atoms with E-state index in [1.165, 1.54) is 4.90 Å². The Bertz CT molecular complexity index is 1720. The van der Waals surface area contributed by atoms with Crippen molar-refractivity contribution >= 4 is 40.1 Å². The Morgan fingerprint density at radius 2 is 1.90 bits per heavy atom. The van der Waals surface area contributed by atoms with Crippen LogP contribution in [0.2, 0.25) is 0 Å². The number of pyridine rings is 1. The van der Waals surface area contributed by atoms with Gasteiger partial charge in [0.05, 0.1) is 13.0 Å². The van der Waals surface area contributed by atoms with Crippen LogP contribution in [0.5, 0.6) is 0 Å². The number of H-pyrrole nitrogens is 1. The van der Waals surface area contributed by atoms with Crippen LogP contribution in [0.1, 0.15) is 47.6 Å². The van der Waals surface area contributed by atoms with Gasteiger partial charge in [-0.15, -0.1) is 0 Å². The number of aliphatic carboxylic acids is 1. The topological polar surface area (TPSA) is 141 Å². The van der Waals surface area contributed by atoms with Gasteiger partial charge in [0.1, 0.15) is 6.04 Å². The summed E-state index contributed by atoms with van der Waals surface area (Å²) in [6.07, 6.45) is 0.752. The summed E-state index contributed by atoms with van der Waals surface area (Å²) in [5.74, 6) is -1.46. The highest BCUT2D eigenvalue weighted by Crippen LogP contribution is 2.29. The summed E-state index contributed by atoms with van der Waals surface area (Å²) in [5, 5.41) is 16.7. The van der Waals surface area contributed by atoms with Crippen LogP contribution >= 0.6 is 0 Å². The second-order valence-corrected chi connectivity index (χ2v) is 10.5. The van der Waals surface area contributed by atoms with Gasteiger partial charge in [-0.1, -0.05) is 43.3 Å². The molecule has 1 aromatic heterocycles. The van der Waals surface area contributed by atoms with E-state index in [9.17, 15) is 24.3 Å². The summed E-state index contributed by atoms with van der Waals surface area (Å²) >= 11 is 0. The van der Waals surface area contributed by atoms with Crippen LogP contribution in [0, 0.1) is 6.92 Å². The Kier molecular flexibility index (Phi) is 8.24. The summed E-state index contributed by atoms with van der Waals surface area (Å²) in [5.41, 5.74) is 4.08. The molecule has 42 heavy (non-hydrogen) atoms. The van der Waals surface area contributed by atoms with Crippen LogP contribution < -0.4 is 16.2 Å². The maximum Gasteiger partial charge on any atom is 0.411 e. The van der Waals surface area contributed by atoms with Gasteiger partial charge in [-0.3, -0.25) is 19.7 Å². The minimum Gasteiger partial charge on any atom is -0.481 e. The summed E-state index contributed by atoms with van der Waals surface area (Å²) < 4.78 is 5.49. The van der Waals surface area contributed by atoms with Gasteiger partial charge in [-0.25, -0.2) is 4.79 Å². The number of hydrogen-bond donors (Lipinski definition) is 4. The van der Waals surface area contributed by atoms with Crippen LogP contribution in [-0.2, 0) is 20.9 Å². The molecule has 2 aliphatic heterocycles. The Labute approximate surface area is 242 Å². The molecule has 0 saturated heterocycles. The van der Waals surface area contributed by atoms with E-state index in [-0.39, 0.29) is 43.5 Å². The number of nitrogens with one attached hydrogen (secondary N) is 3. The van der Waals surface area contributed by atoms with E-state index in [0.717, 1.165) is 16.5 Å². The first-order chi connectivity index (χ1) is 20.2. The molecule has 3 heterocycles. The minimum atomic E-state index is -1.03. The third-order valence-corrected chi connectivity index (χ3v) is 7.41. The van der Waals surface area contributed by atoms with E-state index in [1.807, 2.05) is 44.2 Å². The molecule has 3 aromatic carbocycles. The molecule has 2 aliphatic rings. The first kappa shape index (κ1) is 28.4.